The van der Waals surface area contributed by atoms with Crippen molar-refractivity contribution in [2.75, 3.05) is 4.72 Å². The van der Waals surface area contributed by atoms with Crippen LogP contribution < -0.4 is 10.5 Å². The van der Waals surface area contributed by atoms with E-state index in [2.05, 4.69) is 4.72 Å². The molecule has 0 fully saturated rings. The molecule has 1 amide bonds. The fourth-order valence-corrected chi connectivity index (χ4v) is 3.78. The third kappa shape index (κ3) is 3.18. The van der Waals surface area contributed by atoms with Crippen LogP contribution in [-0.4, -0.2) is 20.1 Å². The number of hydrogen-bond donors (Lipinski definition) is 2. The number of Topliss-reactive ketones (excluding diaryl/α,β-unsaturated/α-hetero) is 1. The maximum atomic E-state index is 12.6. The number of nitrogens with two attached hydrogens (primary N) is 1. The number of hydrogen-bond acceptors (Lipinski definition) is 5. The molecule has 128 valence electrons. The van der Waals surface area contributed by atoms with Gasteiger partial charge in [0.25, 0.3) is 15.9 Å². The Hall–Kier alpha value is -2.61. The molecule has 0 spiro atoms. The van der Waals surface area contributed by atoms with Gasteiger partial charge in [-0.05, 0) is 39.3 Å². The summed E-state index contributed by atoms with van der Waals surface area (Å²) < 4.78 is 32.7. The number of furan rings is 1. The summed E-state index contributed by atoms with van der Waals surface area (Å²) in [6, 6.07) is 4.83. The average molecular weight is 350 g/mol. The van der Waals surface area contributed by atoms with Gasteiger partial charge in [-0.25, -0.2) is 13.1 Å². The van der Waals surface area contributed by atoms with Crippen LogP contribution in [0.1, 0.15) is 44.5 Å². The highest BCUT2D eigenvalue weighted by Crippen LogP contribution is 2.29. The summed E-state index contributed by atoms with van der Waals surface area (Å²) in [5.41, 5.74) is 6.44. The van der Waals surface area contributed by atoms with Crippen molar-refractivity contribution < 1.29 is 22.4 Å². The Morgan fingerprint density at radius 2 is 1.75 bits per heavy atom. The Morgan fingerprint density at radius 3 is 2.25 bits per heavy atom. The van der Waals surface area contributed by atoms with Crippen molar-refractivity contribution >= 4 is 27.6 Å². The van der Waals surface area contributed by atoms with Gasteiger partial charge in [-0.2, -0.15) is 0 Å². The second-order valence-electron chi connectivity index (χ2n) is 5.53. The SMILES string of the molecule is CC(=O)c1c(C)oc(NS(=O)(=O)c2ccc(C)cc2C)c1C(N)=O. The van der Waals surface area contributed by atoms with Crippen molar-refractivity contribution in [3.8, 4) is 0 Å². The monoisotopic (exact) mass is 350 g/mol. The lowest BCUT2D eigenvalue weighted by Crippen LogP contribution is -2.19. The first kappa shape index (κ1) is 17.7. The largest absolute Gasteiger partial charge is 0.443 e. The van der Waals surface area contributed by atoms with Crippen molar-refractivity contribution in [3.05, 3.63) is 46.2 Å². The fourth-order valence-electron chi connectivity index (χ4n) is 2.55. The van der Waals surface area contributed by atoms with Gasteiger partial charge < -0.3 is 10.2 Å². The van der Waals surface area contributed by atoms with E-state index in [4.69, 9.17) is 10.2 Å². The van der Waals surface area contributed by atoms with E-state index in [9.17, 15) is 18.0 Å². The van der Waals surface area contributed by atoms with Gasteiger partial charge in [-0.15, -0.1) is 0 Å². The van der Waals surface area contributed by atoms with Crippen LogP contribution in [0.2, 0.25) is 0 Å². The standard InChI is InChI=1S/C16H18N2O5S/c1-8-5-6-12(9(2)7-8)24(21,22)18-16-14(15(17)20)13(10(3)19)11(4)23-16/h5-7,18H,1-4H3,(H2,17,20). The number of primary amides is 1. The molecule has 0 bridgehead atoms. The number of carbonyl (C=O) groups excluding carboxylic acids is 2. The van der Waals surface area contributed by atoms with Crippen molar-refractivity contribution in [3.63, 3.8) is 0 Å². The van der Waals surface area contributed by atoms with Gasteiger partial charge in [-0.1, -0.05) is 17.7 Å². The lowest BCUT2D eigenvalue weighted by atomic mass is 10.1. The molecule has 2 rings (SSSR count). The summed E-state index contributed by atoms with van der Waals surface area (Å²) >= 11 is 0. The highest BCUT2D eigenvalue weighted by molar-refractivity contribution is 7.92. The maximum absolute atomic E-state index is 12.6. The third-order valence-corrected chi connectivity index (χ3v) is 5.02. The number of nitrogens with one attached hydrogen (secondary N) is 1. The lowest BCUT2D eigenvalue weighted by Gasteiger charge is -2.10. The van der Waals surface area contributed by atoms with Gasteiger partial charge >= 0.3 is 0 Å². The number of anilines is 1. The number of ketones is 1. The van der Waals surface area contributed by atoms with Crippen molar-refractivity contribution in [2.24, 2.45) is 5.73 Å². The first-order valence-corrected chi connectivity index (χ1v) is 8.57. The second-order valence-corrected chi connectivity index (χ2v) is 7.18. The first-order chi connectivity index (χ1) is 11.0. The van der Waals surface area contributed by atoms with Gasteiger partial charge in [-0.3, -0.25) is 9.59 Å². The molecule has 1 aromatic heterocycles. The topological polar surface area (TPSA) is 119 Å². The number of rotatable bonds is 5. The van der Waals surface area contributed by atoms with Gasteiger partial charge in [0.1, 0.15) is 11.3 Å². The van der Waals surface area contributed by atoms with Crippen LogP contribution in [0.4, 0.5) is 5.88 Å². The molecule has 0 aliphatic carbocycles. The van der Waals surface area contributed by atoms with Crippen LogP contribution in [0.3, 0.4) is 0 Å². The number of amides is 1. The van der Waals surface area contributed by atoms with E-state index in [1.807, 2.05) is 6.92 Å². The predicted octanol–water partition coefficient (Wildman–Crippen LogP) is 2.31. The minimum atomic E-state index is -4.01. The molecule has 1 aromatic carbocycles. The van der Waals surface area contributed by atoms with Gasteiger partial charge in [0.05, 0.1) is 10.5 Å². The highest BCUT2D eigenvalue weighted by Gasteiger charge is 2.28. The normalized spacial score (nSPS) is 11.3. The Kier molecular flexibility index (Phi) is 4.52. The van der Waals surface area contributed by atoms with Crippen LogP contribution in [-0.2, 0) is 10.0 Å². The van der Waals surface area contributed by atoms with E-state index in [1.54, 1.807) is 19.1 Å². The molecule has 3 N–H and O–H groups in total. The summed E-state index contributed by atoms with van der Waals surface area (Å²) in [6.07, 6.45) is 0. The lowest BCUT2D eigenvalue weighted by molar-refractivity contribution is 0.0974. The molecule has 1 heterocycles. The van der Waals surface area contributed by atoms with Crippen molar-refractivity contribution in [1.29, 1.82) is 0 Å². The van der Waals surface area contributed by atoms with Crippen LogP contribution in [0, 0.1) is 20.8 Å². The minimum Gasteiger partial charge on any atom is -0.443 e. The van der Waals surface area contributed by atoms with E-state index in [0.717, 1.165) is 5.56 Å². The molecule has 0 unspecified atom stereocenters. The number of sulfonamides is 1. The zero-order chi connectivity index (χ0) is 18.2. The van der Waals surface area contributed by atoms with E-state index >= 15 is 0 Å². The van der Waals surface area contributed by atoms with E-state index in [-0.39, 0.29) is 27.7 Å². The van der Waals surface area contributed by atoms with Crippen molar-refractivity contribution in [2.45, 2.75) is 32.6 Å². The summed E-state index contributed by atoms with van der Waals surface area (Å²) in [5, 5.41) is 0. The Bertz CT molecular complexity index is 942. The Balaban J connectivity index is 2.57. The fraction of sp³-hybridized carbons (Fsp3) is 0.250. The molecule has 0 aliphatic rings. The van der Waals surface area contributed by atoms with E-state index in [1.165, 1.54) is 19.9 Å². The molecule has 7 nitrogen and oxygen atoms in total. The van der Waals surface area contributed by atoms with Gasteiger partial charge in [0, 0.05) is 0 Å². The van der Waals surface area contributed by atoms with Crippen LogP contribution in [0.5, 0.6) is 0 Å². The molecule has 0 aliphatic heterocycles. The number of carbonyl (C=O) groups is 2. The van der Waals surface area contributed by atoms with Gasteiger partial charge in [0.2, 0.25) is 5.88 Å². The second kappa shape index (κ2) is 6.12. The minimum absolute atomic E-state index is 0.0270. The molecular formula is C16H18N2O5S. The third-order valence-electron chi connectivity index (χ3n) is 3.53. The molecule has 0 saturated carbocycles. The van der Waals surface area contributed by atoms with Crippen LogP contribution in [0.25, 0.3) is 0 Å². The summed E-state index contributed by atoms with van der Waals surface area (Å²) in [4.78, 5) is 23.4. The Morgan fingerprint density at radius 1 is 1.12 bits per heavy atom. The maximum Gasteiger partial charge on any atom is 0.264 e. The van der Waals surface area contributed by atoms with Crippen LogP contribution >= 0.6 is 0 Å². The van der Waals surface area contributed by atoms with E-state index in [0.29, 0.717) is 5.56 Å². The number of aryl methyl sites for hydroxylation is 3. The van der Waals surface area contributed by atoms with Crippen molar-refractivity contribution in [1.82, 2.24) is 0 Å². The molecule has 0 saturated heterocycles. The first-order valence-electron chi connectivity index (χ1n) is 7.08. The highest BCUT2D eigenvalue weighted by atomic mass is 32.2. The summed E-state index contributed by atoms with van der Waals surface area (Å²) in [6.45, 7) is 6.20. The van der Waals surface area contributed by atoms with Gasteiger partial charge in [0.15, 0.2) is 5.78 Å². The molecule has 8 heteroatoms. The smallest absolute Gasteiger partial charge is 0.264 e. The zero-order valence-electron chi connectivity index (χ0n) is 13.8. The summed E-state index contributed by atoms with van der Waals surface area (Å²) in [5.74, 6) is -1.63. The molecule has 0 atom stereocenters. The molecule has 2 aromatic rings. The van der Waals surface area contributed by atoms with Crippen LogP contribution in [0.15, 0.2) is 27.5 Å². The predicted molar refractivity (Wildman–Crippen MR) is 88.7 cm³/mol. The Labute approximate surface area is 139 Å². The quantitative estimate of drug-likeness (QED) is 0.802. The molecule has 24 heavy (non-hydrogen) atoms. The zero-order valence-corrected chi connectivity index (χ0v) is 14.6. The molecule has 0 radical (unpaired) electrons. The summed E-state index contributed by atoms with van der Waals surface area (Å²) in [7, 11) is -4.01. The average Bonchev–Trinajstić information content (AvgIpc) is 2.73. The molecular weight excluding hydrogens is 332 g/mol. The van der Waals surface area contributed by atoms with E-state index < -0.39 is 21.7 Å². The number of benzene rings is 1.